The van der Waals surface area contributed by atoms with E-state index in [1.165, 1.54) is 17.7 Å². The third kappa shape index (κ3) is 10.6. The van der Waals surface area contributed by atoms with Gasteiger partial charge in [0.2, 0.25) is 0 Å². The molecular weight excluding hydrogens is 600 g/mol. The molecule has 1 saturated heterocycles. The highest BCUT2D eigenvalue weighted by Crippen LogP contribution is 2.23. The van der Waals surface area contributed by atoms with E-state index in [1.54, 1.807) is 12.1 Å². The van der Waals surface area contributed by atoms with Gasteiger partial charge in [0.15, 0.2) is 0 Å². The van der Waals surface area contributed by atoms with Crippen molar-refractivity contribution in [1.82, 2.24) is 20.9 Å². The van der Waals surface area contributed by atoms with Gasteiger partial charge in [-0.25, -0.2) is 8.78 Å². The average molecular weight is 650 g/mol. The predicted octanol–water partition coefficient (Wildman–Crippen LogP) is 4.69. The molecule has 254 valence electrons. The van der Waals surface area contributed by atoms with E-state index in [2.05, 4.69) is 39.9 Å². The first-order valence-corrected chi connectivity index (χ1v) is 16.8. The molecule has 1 aliphatic heterocycles. The zero-order chi connectivity index (χ0) is 33.8. The molecule has 4 rings (SSSR count). The molecule has 0 radical (unpaired) electrons. The Morgan fingerprint density at radius 3 is 2.21 bits per heavy atom. The van der Waals surface area contributed by atoms with Crippen molar-refractivity contribution in [1.29, 1.82) is 0 Å². The van der Waals surface area contributed by atoms with Crippen molar-refractivity contribution in [2.24, 2.45) is 0 Å². The molecule has 0 bridgehead atoms. The van der Waals surface area contributed by atoms with Gasteiger partial charge in [-0.05, 0) is 72.7 Å². The molecule has 3 aromatic rings. The topological polar surface area (TPSA) is 96.9 Å². The predicted molar refractivity (Wildman–Crippen MR) is 183 cm³/mol. The molecule has 0 saturated carbocycles. The van der Waals surface area contributed by atoms with Crippen molar-refractivity contribution in [3.63, 3.8) is 0 Å². The largest absolute Gasteiger partial charge is 0.390 e. The molecule has 0 spiro atoms. The second-order valence-electron chi connectivity index (χ2n) is 12.2. The minimum atomic E-state index is -1.08. The molecule has 2 atom stereocenters. The van der Waals surface area contributed by atoms with Gasteiger partial charge in [0.25, 0.3) is 11.8 Å². The molecule has 1 aliphatic rings. The van der Waals surface area contributed by atoms with Crippen molar-refractivity contribution < 1.29 is 23.5 Å². The normalized spacial score (nSPS) is 14.5. The van der Waals surface area contributed by atoms with Crippen LogP contribution in [-0.2, 0) is 19.4 Å². The Kier molecular flexibility index (Phi) is 13.7. The van der Waals surface area contributed by atoms with E-state index >= 15 is 0 Å². The maximum absolute atomic E-state index is 14.1. The van der Waals surface area contributed by atoms with Crippen molar-refractivity contribution in [2.75, 3.05) is 50.7 Å². The third-order valence-electron chi connectivity index (χ3n) is 8.42. The average Bonchev–Trinajstić information content (AvgIpc) is 3.07. The Hall–Kier alpha value is -3.86. The summed E-state index contributed by atoms with van der Waals surface area (Å²) in [5.41, 5.74) is 4.05. The van der Waals surface area contributed by atoms with Gasteiger partial charge in [0, 0.05) is 75.2 Å². The molecule has 0 aliphatic carbocycles. The molecule has 47 heavy (non-hydrogen) atoms. The molecule has 10 heteroatoms. The summed E-state index contributed by atoms with van der Waals surface area (Å²) in [4.78, 5) is 31.6. The van der Waals surface area contributed by atoms with E-state index in [9.17, 15) is 23.5 Å². The second-order valence-corrected chi connectivity index (χ2v) is 12.2. The molecule has 1 fully saturated rings. The first kappa shape index (κ1) is 36.0. The first-order chi connectivity index (χ1) is 22.7. The number of anilines is 1. The number of nitrogens with one attached hydrogen (secondary N) is 3. The van der Waals surface area contributed by atoms with E-state index in [0.29, 0.717) is 30.8 Å². The summed E-state index contributed by atoms with van der Waals surface area (Å²) in [5.74, 6) is -2.08. The van der Waals surface area contributed by atoms with Gasteiger partial charge in [-0.2, -0.15) is 0 Å². The zero-order valence-electron chi connectivity index (χ0n) is 27.8. The molecule has 0 aromatic heterocycles. The van der Waals surface area contributed by atoms with Crippen LogP contribution in [0.15, 0.2) is 60.7 Å². The summed E-state index contributed by atoms with van der Waals surface area (Å²) in [6, 6.07) is 15.7. The minimum absolute atomic E-state index is 0.00135. The van der Waals surface area contributed by atoms with Gasteiger partial charge >= 0.3 is 0 Å². The van der Waals surface area contributed by atoms with Crippen molar-refractivity contribution >= 4 is 17.5 Å². The van der Waals surface area contributed by atoms with Crippen LogP contribution in [0.5, 0.6) is 0 Å². The number of rotatable bonds is 16. The summed E-state index contributed by atoms with van der Waals surface area (Å²) in [7, 11) is 0. The van der Waals surface area contributed by atoms with Gasteiger partial charge < -0.3 is 30.9 Å². The lowest BCUT2D eigenvalue weighted by molar-refractivity contribution is 0.0755. The van der Waals surface area contributed by atoms with Crippen LogP contribution in [0.3, 0.4) is 0 Å². The molecular formula is C37H49F2N5O3. The van der Waals surface area contributed by atoms with Gasteiger partial charge in [-0.3, -0.25) is 9.59 Å². The number of aliphatic hydroxyl groups excluding tert-OH is 1. The number of benzene rings is 3. The van der Waals surface area contributed by atoms with E-state index in [4.69, 9.17) is 0 Å². The van der Waals surface area contributed by atoms with Crippen LogP contribution in [0.25, 0.3) is 0 Å². The number of halogens is 2. The Bertz CT molecular complexity index is 1450. The molecule has 8 nitrogen and oxygen atoms in total. The van der Waals surface area contributed by atoms with Gasteiger partial charge in [-0.15, -0.1) is 0 Å². The number of amides is 2. The van der Waals surface area contributed by atoms with Crippen LogP contribution in [0.2, 0.25) is 0 Å². The lowest BCUT2D eigenvalue weighted by Gasteiger charge is -2.31. The lowest BCUT2D eigenvalue weighted by atomic mass is 9.99. The van der Waals surface area contributed by atoms with Gasteiger partial charge in [0.1, 0.15) is 11.6 Å². The van der Waals surface area contributed by atoms with Crippen LogP contribution in [0, 0.1) is 11.6 Å². The van der Waals surface area contributed by atoms with E-state index < -0.39 is 29.7 Å². The highest BCUT2D eigenvalue weighted by Gasteiger charge is 2.25. The third-order valence-corrected chi connectivity index (χ3v) is 8.42. The van der Waals surface area contributed by atoms with E-state index in [1.807, 2.05) is 36.9 Å². The fourth-order valence-electron chi connectivity index (χ4n) is 5.99. The van der Waals surface area contributed by atoms with E-state index in [0.717, 1.165) is 62.8 Å². The fraction of sp³-hybridized carbons (Fsp3) is 0.459. The minimum Gasteiger partial charge on any atom is -0.390 e. The number of aryl methyl sites for hydroxylation is 1. The number of hydrogen-bond donors (Lipinski definition) is 4. The maximum Gasteiger partial charge on any atom is 0.253 e. The van der Waals surface area contributed by atoms with Crippen LogP contribution < -0.4 is 20.9 Å². The Balaban J connectivity index is 1.60. The number of piperazine rings is 1. The van der Waals surface area contributed by atoms with Crippen LogP contribution in [-0.4, -0.2) is 79.8 Å². The quantitative estimate of drug-likeness (QED) is 0.180. The number of nitrogens with zero attached hydrogens (tertiary/aromatic N) is 2. The number of hydrogen-bond acceptors (Lipinski definition) is 6. The first-order valence-electron chi connectivity index (χ1n) is 16.8. The second kappa shape index (κ2) is 17.9. The van der Waals surface area contributed by atoms with Crippen LogP contribution >= 0.6 is 0 Å². The Morgan fingerprint density at radius 2 is 1.55 bits per heavy atom. The summed E-state index contributed by atoms with van der Waals surface area (Å²) in [6.07, 6.45) is 1.46. The summed E-state index contributed by atoms with van der Waals surface area (Å²) < 4.78 is 28.3. The fourth-order valence-corrected chi connectivity index (χ4v) is 5.99. The monoisotopic (exact) mass is 649 g/mol. The number of carbonyl (C=O) groups is 2. The zero-order valence-corrected chi connectivity index (χ0v) is 27.8. The molecule has 4 N–H and O–H groups in total. The SMILES string of the molecule is CCCN(CCC)C(=O)c1cc(C(=O)N[C@@H](Cc2cc(F)cc(F)c2)[C@H](O)CNCc2cccc(CC)c2)cc(N2CCNCC2)c1. The molecule has 3 aromatic carbocycles. The van der Waals surface area contributed by atoms with Crippen LogP contribution in [0.4, 0.5) is 14.5 Å². The standard InChI is InChI=1S/C37H49F2N5O3/c1-4-12-44(13-5-2)37(47)30-20-29(21-33(22-30)43-14-10-40-11-15-43)36(46)42-34(19-28-17-31(38)23-32(39)18-28)35(45)25-41-24-27-9-7-8-26(6-3)16-27/h7-9,16-18,20-23,34-35,40-41,45H,4-6,10-15,19,24-25H2,1-3H3,(H,42,46)/t34-,35+/m0/s1. The summed E-state index contributed by atoms with van der Waals surface area (Å²) >= 11 is 0. The van der Waals surface area contributed by atoms with Crippen molar-refractivity contribution in [2.45, 2.75) is 65.1 Å². The Morgan fingerprint density at radius 1 is 0.894 bits per heavy atom. The number of aliphatic hydroxyl groups is 1. The van der Waals surface area contributed by atoms with Gasteiger partial charge in [-0.1, -0.05) is 45.0 Å². The van der Waals surface area contributed by atoms with Gasteiger partial charge in [0.05, 0.1) is 12.1 Å². The highest BCUT2D eigenvalue weighted by atomic mass is 19.1. The molecule has 1 heterocycles. The number of carbonyl (C=O) groups excluding carboxylic acids is 2. The van der Waals surface area contributed by atoms with Crippen molar-refractivity contribution in [3.05, 3.63) is 100 Å². The van der Waals surface area contributed by atoms with Crippen molar-refractivity contribution in [3.8, 4) is 0 Å². The van der Waals surface area contributed by atoms with E-state index in [-0.39, 0.29) is 24.4 Å². The highest BCUT2D eigenvalue weighted by molar-refractivity contribution is 6.01. The Labute approximate surface area is 277 Å². The molecule has 2 amide bonds. The maximum atomic E-state index is 14.1. The molecule has 0 unspecified atom stereocenters. The van der Waals surface area contributed by atoms with Crippen LogP contribution in [0.1, 0.15) is 71.0 Å². The summed E-state index contributed by atoms with van der Waals surface area (Å²) in [5, 5.41) is 20.9. The lowest BCUT2D eigenvalue weighted by Crippen LogP contribution is -2.48. The smallest absolute Gasteiger partial charge is 0.253 e. The summed E-state index contributed by atoms with van der Waals surface area (Å²) in [6.45, 7) is 11.0.